The fourth-order valence-corrected chi connectivity index (χ4v) is 3.51. The van der Waals surface area contributed by atoms with Gasteiger partial charge in [-0.05, 0) is 35.7 Å². The summed E-state index contributed by atoms with van der Waals surface area (Å²) in [4.78, 5) is 14.2. The summed E-state index contributed by atoms with van der Waals surface area (Å²) < 4.78 is 24.4. The van der Waals surface area contributed by atoms with Gasteiger partial charge in [0.25, 0.3) is 5.91 Å². The number of benzene rings is 2. The van der Waals surface area contributed by atoms with E-state index in [2.05, 4.69) is 12.1 Å². The molecule has 2 aliphatic rings. The van der Waals surface area contributed by atoms with Gasteiger partial charge in [-0.25, -0.2) is 4.39 Å². The van der Waals surface area contributed by atoms with Crippen molar-refractivity contribution < 1.29 is 18.7 Å². The van der Waals surface area contributed by atoms with Gasteiger partial charge in [-0.1, -0.05) is 24.3 Å². The summed E-state index contributed by atoms with van der Waals surface area (Å²) in [5.74, 6) is 0.881. The molecule has 5 heteroatoms. The molecular formula is C20H20FNO3. The third-order valence-electron chi connectivity index (χ3n) is 4.91. The molecule has 0 aromatic heterocycles. The van der Waals surface area contributed by atoms with E-state index in [4.69, 9.17) is 9.47 Å². The number of hydrogen-bond acceptors (Lipinski definition) is 3. The van der Waals surface area contributed by atoms with E-state index in [9.17, 15) is 9.18 Å². The molecule has 1 unspecified atom stereocenters. The molecule has 0 radical (unpaired) electrons. The molecule has 0 N–H and O–H groups in total. The van der Waals surface area contributed by atoms with Crippen LogP contribution in [0.5, 0.6) is 11.5 Å². The molecule has 2 aliphatic heterocycles. The molecule has 1 fully saturated rings. The number of likely N-dealkylation sites (tertiary alicyclic amines) is 1. The molecule has 2 aromatic carbocycles. The van der Waals surface area contributed by atoms with Crippen molar-refractivity contribution in [3.05, 3.63) is 59.4 Å². The molecule has 0 aliphatic carbocycles. The summed E-state index contributed by atoms with van der Waals surface area (Å²) in [6, 6.07) is 12.5. The van der Waals surface area contributed by atoms with Crippen molar-refractivity contribution in [2.24, 2.45) is 0 Å². The van der Waals surface area contributed by atoms with Gasteiger partial charge in [-0.2, -0.15) is 0 Å². The van der Waals surface area contributed by atoms with Gasteiger partial charge < -0.3 is 14.4 Å². The Kier molecular flexibility index (Phi) is 4.30. The van der Waals surface area contributed by atoms with Gasteiger partial charge in [-0.15, -0.1) is 0 Å². The SMILES string of the molecule is O=C(COc1ccccc1F)N1CCC(c2ccc3c(c2)CCO3)C1. The normalized spacial score (nSPS) is 18.8. The second-order valence-electron chi connectivity index (χ2n) is 6.51. The van der Waals surface area contributed by atoms with Gasteiger partial charge in [0.2, 0.25) is 0 Å². The number of para-hydroxylation sites is 1. The summed E-state index contributed by atoms with van der Waals surface area (Å²) in [7, 11) is 0. The summed E-state index contributed by atoms with van der Waals surface area (Å²) in [6.07, 6.45) is 1.89. The highest BCUT2D eigenvalue weighted by Gasteiger charge is 2.28. The van der Waals surface area contributed by atoms with E-state index in [1.807, 2.05) is 6.07 Å². The Balaban J connectivity index is 1.35. The van der Waals surface area contributed by atoms with Crippen LogP contribution in [0.15, 0.2) is 42.5 Å². The number of rotatable bonds is 4. The Bertz CT molecular complexity index is 792. The lowest BCUT2D eigenvalue weighted by Gasteiger charge is -2.17. The van der Waals surface area contributed by atoms with Crippen LogP contribution < -0.4 is 9.47 Å². The van der Waals surface area contributed by atoms with Gasteiger partial charge in [0.05, 0.1) is 6.61 Å². The summed E-state index contributed by atoms with van der Waals surface area (Å²) in [5, 5.41) is 0. The number of halogens is 1. The highest BCUT2D eigenvalue weighted by Crippen LogP contribution is 2.33. The monoisotopic (exact) mass is 341 g/mol. The molecule has 0 spiro atoms. The van der Waals surface area contributed by atoms with Gasteiger partial charge in [0.1, 0.15) is 5.75 Å². The summed E-state index contributed by atoms with van der Waals surface area (Å²) in [5.41, 5.74) is 2.51. The van der Waals surface area contributed by atoms with Crippen LogP contribution in [-0.2, 0) is 11.2 Å². The number of fused-ring (bicyclic) bond motifs is 1. The second-order valence-corrected chi connectivity index (χ2v) is 6.51. The van der Waals surface area contributed by atoms with Crippen LogP contribution >= 0.6 is 0 Å². The molecule has 2 heterocycles. The fraction of sp³-hybridized carbons (Fsp3) is 0.350. The van der Waals surface area contributed by atoms with Crippen LogP contribution in [0.1, 0.15) is 23.5 Å². The van der Waals surface area contributed by atoms with Crippen molar-refractivity contribution in [3.8, 4) is 11.5 Å². The van der Waals surface area contributed by atoms with E-state index < -0.39 is 5.82 Å². The zero-order valence-corrected chi connectivity index (χ0v) is 13.9. The molecule has 25 heavy (non-hydrogen) atoms. The van der Waals surface area contributed by atoms with Crippen molar-refractivity contribution in [3.63, 3.8) is 0 Å². The maximum atomic E-state index is 13.5. The molecule has 4 rings (SSSR count). The molecule has 4 nitrogen and oxygen atoms in total. The Hall–Kier alpha value is -2.56. The van der Waals surface area contributed by atoms with Crippen molar-refractivity contribution in [1.82, 2.24) is 4.90 Å². The zero-order valence-electron chi connectivity index (χ0n) is 13.9. The molecular weight excluding hydrogens is 321 g/mol. The van der Waals surface area contributed by atoms with E-state index in [-0.39, 0.29) is 18.3 Å². The lowest BCUT2D eigenvalue weighted by atomic mass is 9.96. The quantitative estimate of drug-likeness (QED) is 0.857. The van der Waals surface area contributed by atoms with E-state index in [1.165, 1.54) is 23.3 Å². The number of carbonyl (C=O) groups is 1. The first-order valence-electron chi connectivity index (χ1n) is 8.61. The molecule has 1 saturated heterocycles. The molecule has 2 aromatic rings. The zero-order chi connectivity index (χ0) is 17.2. The fourth-order valence-electron chi connectivity index (χ4n) is 3.51. The smallest absolute Gasteiger partial charge is 0.260 e. The average Bonchev–Trinajstić information content (AvgIpc) is 3.29. The number of amides is 1. The van der Waals surface area contributed by atoms with E-state index in [0.717, 1.165) is 25.2 Å². The summed E-state index contributed by atoms with van der Waals surface area (Å²) in [6.45, 7) is 2.00. The third-order valence-corrected chi connectivity index (χ3v) is 4.91. The minimum absolute atomic E-state index is 0.102. The van der Waals surface area contributed by atoms with Crippen LogP contribution in [0.2, 0.25) is 0 Å². The number of hydrogen-bond donors (Lipinski definition) is 0. The first-order chi connectivity index (χ1) is 12.2. The first-order valence-corrected chi connectivity index (χ1v) is 8.61. The maximum Gasteiger partial charge on any atom is 0.260 e. The Morgan fingerprint density at radius 2 is 2.16 bits per heavy atom. The molecule has 0 saturated carbocycles. The highest BCUT2D eigenvalue weighted by molar-refractivity contribution is 5.78. The number of carbonyl (C=O) groups excluding carboxylic acids is 1. The lowest BCUT2D eigenvalue weighted by molar-refractivity contribution is -0.132. The van der Waals surface area contributed by atoms with E-state index in [1.54, 1.807) is 17.0 Å². The standard InChI is InChI=1S/C20H20FNO3/c21-17-3-1-2-4-19(17)25-13-20(23)22-9-7-16(12-22)14-5-6-18-15(11-14)8-10-24-18/h1-6,11,16H,7-10,12-13H2. The van der Waals surface area contributed by atoms with E-state index >= 15 is 0 Å². The lowest BCUT2D eigenvalue weighted by Crippen LogP contribution is -2.33. The topological polar surface area (TPSA) is 38.8 Å². The van der Waals surface area contributed by atoms with Gasteiger partial charge in [0.15, 0.2) is 18.2 Å². The van der Waals surface area contributed by atoms with Crippen LogP contribution in [0.4, 0.5) is 4.39 Å². The maximum absolute atomic E-state index is 13.5. The first kappa shape index (κ1) is 15.9. The number of ether oxygens (including phenoxy) is 2. The third kappa shape index (κ3) is 3.31. The highest BCUT2D eigenvalue weighted by atomic mass is 19.1. The van der Waals surface area contributed by atoms with Crippen molar-refractivity contribution in [2.45, 2.75) is 18.8 Å². The molecule has 130 valence electrons. The Morgan fingerprint density at radius 3 is 3.04 bits per heavy atom. The predicted molar refractivity (Wildman–Crippen MR) is 91.5 cm³/mol. The van der Waals surface area contributed by atoms with Crippen molar-refractivity contribution in [2.75, 3.05) is 26.3 Å². The van der Waals surface area contributed by atoms with Crippen LogP contribution in [0, 0.1) is 5.82 Å². The van der Waals surface area contributed by atoms with E-state index in [0.29, 0.717) is 19.0 Å². The second kappa shape index (κ2) is 6.75. The molecule has 1 atom stereocenters. The minimum Gasteiger partial charge on any atom is -0.493 e. The molecule has 1 amide bonds. The van der Waals surface area contributed by atoms with Gasteiger partial charge >= 0.3 is 0 Å². The van der Waals surface area contributed by atoms with Crippen LogP contribution in [0.25, 0.3) is 0 Å². The molecule has 0 bridgehead atoms. The van der Waals surface area contributed by atoms with Crippen molar-refractivity contribution >= 4 is 5.91 Å². The average molecular weight is 341 g/mol. The van der Waals surface area contributed by atoms with Crippen LogP contribution in [-0.4, -0.2) is 37.1 Å². The van der Waals surface area contributed by atoms with Crippen molar-refractivity contribution in [1.29, 1.82) is 0 Å². The largest absolute Gasteiger partial charge is 0.493 e. The Morgan fingerprint density at radius 1 is 1.28 bits per heavy atom. The van der Waals surface area contributed by atoms with Gasteiger partial charge in [0, 0.05) is 25.4 Å². The Labute approximate surface area is 146 Å². The minimum atomic E-state index is -0.449. The summed E-state index contributed by atoms with van der Waals surface area (Å²) >= 11 is 0. The predicted octanol–water partition coefficient (Wildman–Crippen LogP) is 3.16. The van der Waals surface area contributed by atoms with Gasteiger partial charge in [-0.3, -0.25) is 4.79 Å². The number of nitrogens with zero attached hydrogens (tertiary/aromatic N) is 1. The van der Waals surface area contributed by atoms with Crippen LogP contribution in [0.3, 0.4) is 0 Å².